The first-order valence-corrected chi connectivity index (χ1v) is 6.24. The molecule has 1 aliphatic rings. The molecule has 1 heterocycles. The monoisotopic (exact) mass is 240 g/mol. The zero-order chi connectivity index (χ0) is 11.7. The number of hydrogen-bond donors (Lipinski definition) is 0. The van der Waals surface area contributed by atoms with Gasteiger partial charge in [-0.05, 0) is 12.5 Å². The summed E-state index contributed by atoms with van der Waals surface area (Å²) in [5.41, 5.74) is 1.00. The molecule has 0 saturated carbocycles. The molecule has 2 rings (SSSR count). The van der Waals surface area contributed by atoms with Gasteiger partial charge in [-0.2, -0.15) is 0 Å². The van der Waals surface area contributed by atoms with Gasteiger partial charge < -0.3 is 4.74 Å². The summed E-state index contributed by atoms with van der Waals surface area (Å²) < 4.78 is 18.7. The lowest BCUT2D eigenvalue weighted by Gasteiger charge is -2.22. The Kier molecular flexibility index (Phi) is 3.19. The summed E-state index contributed by atoms with van der Waals surface area (Å²) in [6.45, 7) is 1.97. The second kappa shape index (κ2) is 4.45. The summed E-state index contributed by atoms with van der Waals surface area (Å²) in [4.78, 5) is 12.0. The quantitative estimate of drug-likeness (QED) is 0.794. The Morgan fingerprint density at radius 3 is 2.94 bits per heavy atom. The number of ether oxygens (including phenoxy) is 1. The molecule has 86 valence electrons. The maximum atomic E-state index is 13.7. The molecule has 0 aliphatic carbocycles. The van der Waals surface area contributed by atoms with E-state index in [0.29, 0.717) is 22.6 Å². The van der Waals surface area contributed by atoms with Crippen molar-refractivity contribution in [2.45, 2.75) is 24.3 Å². The normalized spacial score (nSPS) is 19.4. The molecule has 0 fully saturated rings. The molecule has 1 aromatic rings. The fourth-order valence-electron chi connectivity index (χ4n) is 1.83. The lowest BCUT2D eigenvalue weighted by molar-refractivity contribution is 0.0984. The van der Waals surface area contributed by atoms with Crippen LogP contribution in [0.15, 0.2) is 12.1 Å². The van der Waals surface area contributed by atoms with Crippen molar-refractivity contribution in [3.05, 3.63) is 29.1 Å². The highest BCUT2D eigenvalue weighted by molar-refractivity contribution is 8.00. The molecule has 0 bridgehead atoms. The summed E-state index contributed by atoms with van der Waals surface area (Å²) in [5.74, 6) is 0.651. The molecule has 1 atom stereocenters. The highest BCUT2D eigenvalue weighted by Crippen LogP contribution is 2.35. The second-order valence-electron chi connectivity index (χ2n) is 3.71. The van der Waals surface area contributed by atoms with E-state index in [4.69, 9.17) is 4.74 Å². The van der Waals surface area contributed by atoms with Crippen molar-refractivity contribution in [1.29, 1.82) is 0 Å². The standard InChI is InChI=1S/C12H13FO2S/c1-3-11-12(14)8-4-7(15-2)5-10(13)9(8)6-16-11/h4-5,11H,3,6H2,1-2H3. The van der Waals surface area contributed by atoms with Crippen LogP contribution in [0.5, 0.6) is 5.75 Å². The van der Waals surface area contributed by atoms with E-state index in [2.05, 4.69) is 0 Å². The Hall–Kier alpha value is -1.03. The third-order valence-electron chi connectivity index (χ3n) is 2.76. The van der Waals surface area contributed by atoms with Crippen molar-refractivity contribution >= 4 is 17.5 Å². The summed E-state index contributed by atoms with van der Waals surface area (Å²) in [7, 11) is 1.47. The molecule has 4 heteroatoms. The Labute approximate surface area is 98.2 Å². The van der Waals surface area contributed by atoms with Crippen LogP contribution in [0.4, 0.5) is 4.39 Å². The molecule has 0 aromatic heterocycles. The maximum absolute atomic E-state index is 13.7. The number of hydrogen-bond acceptors (Lipinski definition) is 3. The Balaban J connectivity index is 2.49. The van der Waals surface area contributed by atoms with Crippen LogP contribution < -0.4 is 4.74 Å². The summed E-state index contributed by atoms with van der Waals surface area (Å²) in [6.07, 6.45) is 0.780. The number of benzene rings is 1. The minimum Gasteiger partial charge on any atom is -0.497 e. The third-order valence-corrected chi connectivity index (χ3v) is 4.17. The Bertz CT molecular complexity index is 431. The van der Waals surface area contributed by atoms with Gasteiger partial charge in [0.25, 0.3) is 0 Å². The number of ketones is 1. The van der Waals surface area contributed by atoms with Crippen molar-refractivity contribution in [3.63, 3.8) is 0 Å². The van der Waals surface area contributed by atoms with E-state index >= 15 is 0 Å². The second-order valence-corrected chi connectivity index (χ2v) is 4.90. The Morgan fingerprint density at radius 2 is 2.31 bits per heavy atom. The zero-order valence-corrected chi connectivity index (χ0v) is 10.1. The van der Waals surface area contributed by atoms with Gasteiger partial charge in [0.2, 0.25) is 0 Å². The SMILES string of the molecule is CCC1SCc2c(F)cc(OC)cc2C1=O. The summed E-state index contributed by atoms with van der Waals surface area (Å²) in [6, 6.07) is 2.97. The minimum atomic E-state index is -0.343. The summed E-state index contributed by atoms with van der Waals surface area (Å²) in [5, 5.41) is -0.0426. The number of halogens is 1. The molecular weight excluding hydrogens is 227 g/mol. The van der Waals surface area contributed by atoms with Crippen molar-refractivity contribution in [2.75, 3.05) is 7.11 Å². The third kappa shape index (κ3) is 1.82. The van der Waals surface area contributed by atoms with E-state index in [1.54, 1.807) is 6.07 Å². The van der Waals surface area contributed by atoms with Gasteiger partial charge in [0.05, 0.1) is 12.4 Å². The topological polar surface area (TPSA) is 26.3 Å². The van der Waals surface area contributed by atoms with E-state index in [1.807, 2.05) is 6.92 Å². The van der Waals surface area contributed by atoms with Crippen LogP contribution in [0.1, 0.15) is 29.3 Å². The van der Waals surface area contributed by atoms with Crippen LogP contribution in [0, 0.1) is 5.82 Å². The lowest BCUT2D eigenvalue weighted by Crippen LogP contribution is -2.23. The highest BCUT2D eigenvalue weighted by atomic mass is 32.2. The number of rotatable bonds is 2. The zero-order valence-electron chi connectivity index (χ0n) is 9.25. The number of methoxy groups -OCH3 is 1. The molecule has 0 radical (unpaired) electrons. The average molecular weight is 240 g/mol. The van der Waals surface area contributed by atoms with Crippen LogP contribution in [0.2, 0.25) is 0 Å². The van der Waals surface area contributed by atoms with Gasteiger partial charge in [-0.15, -0.1) is 11.8 Å². The maximum Gasteiger partial charge on any atom is 0.176 e. The van der Waals surface area contributed by atoms with E-state index in [1.165, 1.54) is 24.9 Å². The van der Waals surface area contributed by atoms with Crippen molar-refractivity contribution in [1.82, 2.24) is 0 Å². The van der Waals surface area contributed by atoms with Crippen LogP contribution in [-0.4, -0.2) is 18.1 Å². The molecule has 1 aliphatic heterocycles. The number of carbonyl (C=O) groups excluding carboxylic acids is 1. The first kappa shape index (κ1) is 11.5. The predicted molar refractivity (Wildman–Crippen MR) is 62.7 cm³/mol. The first-order valence-electron chi connectivity index (χ1n) is 5.19. The van der Waals surface area contributed by atoms with E-state index in [0.717, 1.165) is 6.42 Å². The highest BCUT2D eigenvalue weighted by Gasteiger charge is 2.29. The van der Waals surface area contributed by atoms with Crippen LogP contribution >= 0.6 is 11.8 Å². The van der Waals surface area contributed by atoms with Gasteiger partial charge in [-0.25, -0.2) is 4.39 Å². The van der Waals surface area contributed by atoms with Gasteiger partial charge in [0.1, 0.15) is 11.6 Å². The molecule has 1 unspecified atom stereocenters. The molecule has 0 amide bonds. The molecule has 0 spiro atoms. The molecule has 0 saturated heterocycles. The van der Waals surface area contributed by atoms with E-state index in [9.17, 15) is 9.18 Å². The van der Waals surface area contributed by atoms with Crippen molar-refractivity contribution < 1.29 is 13.9 Å². The van der Waals surface area contributed by atoms with Crippen molar-refractivity contribution in [2.24, 2.45) is 0 Å². The van der Waals surface area contributed by atoms with Crippen LogP contribution in [-0.2, 0) is 5.75 Å². The van der Waals surface area contributed by atoms with Gasteiger partial charge in [0.15, 0.2) is 5.78 Å². The molecular formula is C12H13FO2S. The molecule has 1 aromatic carbocycles. The lowest BCUT2D eigenvalue weighted by atomic mass is 10.00. The smallest absolute Gasteiger partial charge is 0.176 e. The van der Waals surface area contributed by atoms with Gasteiger partial charge in [-0.1, -0.05) is 6.92 Å². The summed E-state index contributed by atoms with van der Waals surface area (Å²) >= 11 is 1.51. The van der Waals surface area contributed by atoms with Gasteiger partial charge >= 0.3 is 0 Å². The van der Waals surface area contributed by atoms with Crippen LogP contribution in [0.3, 0.4) is 0 Å². The minimum absolute atomic E-state index is 0.0200. The molecule has 0 N–H and O–H groups in total. The average Bonchev–Trinajstić information content (AvgIpc) is 2.30. The van der Waals surface area contributed by atoms with E-state index in [-0.39, 0.29) is 16.9 Å². The number of fused-ring (bicyclic) bond motifs is 1. The Morgan fingerprint density at radius 1 is 1.56 bits per heavy atom. The molecule has 2 nitrogen and oxygen atoms in total. The largest absolute Gasteiger partial charge is 0.497 e. The fourth-order valence-corrected chi connectivity index (χ4v) is 3.01. The molecule has 16 heavy (non-hydrogen) atoms. The van der Waals surface area contributed by atoms with Crippen LogP contribution in [0.25, 0.3) is 0 Å². The number of carbonyl (C=O) groups is 1. The van der Waals surface area contributed by atoms with Crippen molar-refractivity contribution in [3.8, 4) is 5.75 Å². The number of Topliss-reactive ketones (excluding diaryl/α,β-unsaturated/α-hetero) is 1. The van der Waals surface area contributed by atoms with E-state index < -0.39 is 0 Å². The fraction of sp³-hybridized carbons (Fsp3) is 0.417. The first-order chi connectivity index (χ1) is 7.67. The number of thioether (sulfide) groups is 1. The predicted octanol–water partition coefficient (Wildman–Crippen LogP) is 3.04. The van der Waals surface area contributed by atoms with Gasteiger partial charge in [0, 0.05) is 22.9 Å². The van der Waals surface area contributed by atoms with Gasteiger partial charge in [-0.3, -0.25) is 4.79 Å².